The first kappa shape index (κ1) is 12.3. The Bertz CT molecular complexity index is 328. The molecule has 1 spiro atoms. The molecule has 2 aliphatic rings. The lowest BCUT2D eigenvalue weighted by atomic mass is 9.90. The average Bonchev–Trinajstić information content (AvgIpc) is 2.55. The number of rotatable bonds is 3. The van der Waals surface area contributed by atoms with Crippen molar-refractivity contribution < 1.29 is 19.8 Å². The Balaban J connectivity index is 2.10. The maximum absolute atomic E-state index is 12.2. The topological polar surface area (TPSA) is 102 Å². The van der Waals surface area contributed by atoms with E-state index in [9.17, 15) is 14.7 Å². The zero-order valence-electron chi connectivity index (χ0n) is 9.48. The molecule has 7 heteroatoms. The number of aliphatic hydroxyl groups is 2. The molecule has 0 bridgehead atoms. The summed E-state index contributed by atoms with van der Waals surface area (Å²) in [6, 6.07) is -0.494. The van der Waals surface area contributed by atoms with Crippen LogP contribution in [0.5, 0.6) is 0 Å². The molecule has 96 valence electrons. The van der Waals surface area contributed by atoms with Gasteiger partial charge in [0.1, 0.15) is 5.54 Å². The van der Waals surface area contributed by atoms with Crippen molar-refractivity contribution in [2.75, 3.05) is 26.2 Å². The molecular formula is C10H17N3O4. The average molecular weight is 243 g/mol. The first-order valence-corrected chi connectivity index (χ1v) is 5.73. The van der Waals surface area contributed by atoms with Crippen LogP contribution in [0.4, 0.5) is 4.79 Å². The van der Waals surface area contributed by atoms with E-state index in [1.165, 1.54) is 0 Å². The highest BCUT2D eigenvalue weighted by Crippen LogP contribution is 2.24. The summed E-state index contributed by atoms with van der Waals surface area (Å²) in [6.07, 6.45) is 0.343. The molecule has 0 aromatic heterocycles. The number of hydrogen-bond acceptors (Lipinski definition) is 5. The van der Waals surface area contributed by atoms with Crippen LogP contribution in [0.2, 0.25) is 0 Å². The quantitative estimate of drug-likeness (QED) is 0.430. The summed E-state index contributed by atoms with van der Waals surface area (Å²) in [7, 11) is 0. The number of β-amino-alcohol motifs (C(OH)–C–C–N with tert-alkyl or cyclic N) is 1. The Morgan fingerprint density at radius 2 is 2.24 bits per heavy atom. The Labute approximate surface area is 98.8 Å². The van der Waals surface area contributed by atoms with E-state index in [2.05, 4.69) is 10.6 Å². The Kier molecular flexibility index (Phi) is 3.32. The van der Waals surface area contributed by atoms with Crippen molar-refractivity contribution >= 4 is 11.9 Å². The van der Waals surface area contributed by atoms with Crippen LogP contribution in [0, 0.1) is 0 Å². The van der Waals surface area contributed by atoms with Crippen LogP contribution in [-0.4, -0.2) is 64.9 Å². The van der Waals surface area contributed by atoms with E-state index in [4.69, 9.17) is 5.11 Å². The number of hydrogen-bond donors (Lipinski definition) is 4. The molecule has 3 amide bonds. The predicted molar refractivity (Wildman–Crippen MR) is 58.2 cm³/mol. The molecule has 0 aliphatic carbocycles. The number of nitrogens with zero attached hydrogens (tertiary/aromatic N) is 1. The second kappa shape index (κ2) is 4.59. The molecule has 0 radical (unpaired) electrons. The van der Waals surface area contributed by atoms with Crippen LogP contribution in [0.15, 0.2) is 0 Å². The third-order valence-corrected chi connectivity index (χ3v) is 3.23. The summed E-state index contributed by atoms with van der Waals surface area (Å²) in [5, 5.41) is 23.8. The molecule has 7 nitrogen and oxygen atoms in total. The minimum Gasteiger partial charge on any atom is -0.394 e. The highest BCUT2D eigenvalue weighted by atomic mass is 16.3. The maximum atomic E-state index is 12.2. The number of amides is 3. The number of carbonyl (C=O) groups excluding carboxylic acids is 2. The molecule has 2 atom stereocenters. The molecule has 2 fully saturated rings. The van der Waals surface area contributed by atoms with E-state index >= 15 is 0 Å². The summed E-state index contributed by atoms with van der Waals surface area (Å²) in [5.41, 5.74) is -0.857. The maximum Gasteiger partial charge on any atom is 0.325 e. The molecule has 2 heterocycles. The van der Waals surface area contributed by atoms with Crippen LogP contribution in [-0.2, 0) is 4.79 Å². The second-order valence-corrected chi connectivity index (χ2v) is 4.54. The number of carbonyl (C=O) groups is 2. The predicted octanol–water partition coefficient (Wildman–Crippen LogP) is -1.99. The summed E-state index contributed by atoms with van der Waals surface area (Å²) >= 11 is 0. The van der Waals surface area contributed by atoms with Crippen LogP contribution in [0.25, 0.3) is 0 Å². The van der Waals surface area contributed by atoms with Crippen molar-refractivity contribution in [2.45, 2.75) is 24.5 Å². The molecule has 2 aliphatic heterocycles. The molecular weight excluding hydrogens is 226 g/mol. The third-order valence-electron chi connectivity index (χ3n) is 3.23. The van der Waals surface area contributed by atoms with Gasteiger partial charge in [-0.05, 0) is 19.4 Å². The van der Waals surface area contributed by atoms with E-state index in [0.29, 0.717) is 13.0 Å². The summed E-state index contributed by atoms with van der Waals surface area (Å²) in [6.45, 7) is 0.624. The minimum absolute atomic E-state index is 0.164. The fraction of sp³-hybridized carbons (Fsp3) is 0.800. The lowest BCUT2D eigenvalue weighted by Gasteiger charge is -2.31. The largest absolute Gasteiger partial charge is 0.394 e. The number of imide groups is 1. The fourth-order valence-electron chi connectivity index (χ4n) is 2.31. The van der Waals surface area contributed by atoms with Gasteiger partial charge in [-0.15, -0.1) is 0 Å². The van der Waals surface area contributed by atoms with Gasteiger partial charge in [-0.25, -0.2) is 4.79 Å². The Morgan fingerprint density at radius 3 is 2.82 bits per heavy atom. The fourth-order valence-corrected chi connectivity index (χ4v) is 2.31. The van der Waals surface area contributed by atoms with E-state index in [0.717, 1.165) is 17.9 Å². The number of aliphatic hydroxyl groups excluding tert-OH is 2. The van der Waals surface area contributed by atoms with E-state index < -0.39 is 24.3 Å². The normalized spacial score (nSPS) is 30.8. The van der Waals surface area contributed by atoms with Crippen LogP contribution in [0.1, 0.15) is 12.8 Å². The van der Waals surface area contributed by atoms with Gasteiger partial charge in [0.2, 0.25) is 0 Å². The molecule has 4 N–H and O–H groups in total. The smallest absolute Gasteiger partial charge is 0.325 e. The first-order valence-electron chi connectivity index (χ1n) is 5.73. The standard InChI is InChI=1S/C10H17N3O4/c14-5-7(15)4-13-8(16)10(12-9(13)17)2-1-3-11-6-10/h7,11,14-15H,1-6H2,(H,12,17). The van der Waals surface area contributed by atoms with Crippen LogP contribution in [0.3, 0.4) is 0 Å². The van der Waals surface area contributed by atoms with Crippen molar-refractivity contribution in [1.82, 2.24) is 15.5 Å². The Morgan fingerprint density at radius 1 is 1.47 bits per heavy atom. The number of nitrogens with one attached hydrogen (secondary N) is 2. The van der Waals surface area contributed by atoms with Crippen LogP contribution < -0.4 is 10.6 Å². The number of urea groups is 1. The Hall–Kier alpha value is -1.18. The SMILES string of the molecule is O=C1NC2(CCCNC2)C(=O)N1CC(O)CO. The van der Waals surface area contributed by atoms with Crippen molar-refractivity contribution in [3.63, 3.8) is 0 Å². The summed E-state index contributed by atoms with van der Waals surface area (Å²) in [4.78, 5) is 24.8. The van der Waals surface area contributed by atoms with Crippen molar-refractivity contribution in [3.05, 3.63) is 0 Å². The van der Waals surface area contributed by atoms with Crippen molar-refractivity contribution in [1.29, 1.82) is 0 Å². The molecule has 2 unspecified atom stereocenters. The van der Waals surface area contributed by atoms with Gasteiger partial charge in [0.05, 0.1) is 19.3 Å². The minimum atomic E-state index is -1.09. The van der Waals surface area contributed by atoms with Gasteiger partial charge in [-0.1, -0.05) is 0 Å². The van der Waals surface area contributed by atoms with Gasteiger partial charge < -0.3 is 20.8 Å². The van der Waals surface area contributed by atoms with Crippen molar-refractivity contribution in [2.24, 2.45) is 0 Å². The van der Waals surface area contributed by atoms with Gasteiger partial charge in [0.15, 0.2) is 0 Å². The van der Waals surface area contributed by atoms with Crippen molar-refractivity contribution in [3.8, 4) is 0 Å². The zero-order chi connectivity index (χ0) is 12.5. The van der Waals surface area contributed by atoms with E-state index in [1.807, 2.05) is 0 Å². The monoisotopic (exact) mass is 243 g/mol. The van der Waals surface area contributed by atoms with E-state index in [-0.39, 0.29) is 12.5 Å². The van der Waals surface area contributed by atoms with Gasteiger partial charge >= 0.3 is 6.03 Å². The highest BCUT2D eigenvalue weighted by molar-refractivity contribution is 6.07. The number of piperidine rings is 1. The molecule has 17 heavy (non-hydrogen) atoms. The lowest BCUT2D eigenvalue weighted by Crippen LogP contribution is -2.57. The molecule has 0 aromatic carbocycles. The zero-order valence-corrected chi connectivity index (χ0v) is 9.48. The molecule has 2 rings (SSSR count). The lowest BCUT2D eigenvalue weighted by molar-refractivity contribution is -0.133. The van der Waals surface area contributed by atoms with Gasteiger partial charge in [-0.2, -0.15) is 0 Å². The molecule has 0 saturated carbocycles. The van der Waals surface area contributed by atoms with E-state index in [1.54, 1.807) is 0 Å². The second-order valence-electron chi connectivity index (χ2n) is 4.54. The molecule has 0 aromatic rings. The van der Waals surface area contributed by atoms with Crippen LogP contribution >= 0.6 is 0 Å². The van der Waals surface area contributed by atoms with Gasteiger partial charge in [0, 0.05) is 6.54 Å². The van der Waals surface area contributed by atoms with Gasteiger partial charge in [0.25, 0.3) is 5.91 Å². The summed E-state index contributed by atoms with van der Waals surface area (Å²) < 4.78 is 0. The highest BCUT2D eigenvalue weighted by Gasteiger charge is 2.51. The summed E-state index contributed by atoms with van der Waals surface area (Å²) in [5.74, 6) is -0.317. The molecule has 2 saturated heterocycles. The first-order chi connectivity index (χ1) is 8.09. The van der Waals surface area contributed by atoms with Gasteiger partial charge in [-0.3, -0.25) is 9.69 Å². The third kappa shape index (κ3) is 2.13.